The van der Waals surface area contributed by atoms with Gasteiger partial charge in [-0.25, -0.2) is 0 Å². The van der Waals surface area contributed by atoms with Gasteiger partial charge >= 0.3 is 6.18 Å². The minimum Gasteiger partial charge on any atom is -0.310 e. The van der Waals surface area contributed by atoms with Gasteiger partial charge in [0.1, 0.15) is 0 Å². The van der Waals surface area contributed by atoms with E-state index in [4.69, 9.17) is 0 Å². The number of halogens is 4. The predicted octanol–water partition coefficient (Wildman–Crippen LogP) is 5.70. The van der Waals surface area contributed by atoms with Crippen molar-refractivity contribution in [3.63, 3.8) is 0 Å². The third-order valence-corrected chi connectivity index (χ3v) is 4.83. The van der Waals surface area contributed by atoms with Crippen molar-refractivity contribution in [3.8, 4) is 0 Å². The fraction of sp³-hybridized carbons (Fsp3) is 0.625. The molecule has 1 fully saturated rings. The van der Waals surface area contributed by atoms with Crippen LogP contribution in [0.1, 0.15) is 56.2 Å². The van der Waals surface area contributed by atoms with E-state index < -0.39 is 11.7 Å². The van der Waals surface area contributed by atoms with Gasteiger partial charge in [0.2, 0.25) is 0 Å². The maximum atomic E-state index is 13.1. The van der Waals surface area contributed by atoms with Crippen molar-refractivity contribution in [3.05, 3.63) is 33.8 Å². The summed E-state index contributed by atoms with van der Waals surface area (Å²) in [6.07, 6.45) is 1.21. The molecule has 118 valence electrons. The number of hydrogen-bond donors (Lipinski definition) is 1. The second-order valence-electron chi connectivity index (χ2n) is 5.71. The Balaban J connectivity index is 2.30. The molecule has 1 N–H and O–H groups in total. The quantitative estimate of drug-likeness (QED) is 0.707. The number of hydrogen-bond acceptors (Lipinski definition) is 1. The van der Waals surface area contributed by atoms with E-state index in [0.717, 1.165) is 31.4 Å². The molecular weight excluding hydrogens is 343 g/mol. The van der Waals surface area contributed by atoms with Crippen molar-refractivity contribution < 1.29 is 13.2 Å². The largest absolute Gasteiger partial charge is 0.417 e. The molecule has 5 heteroatoms. The van der Waals surface area contributed by atoms with Crippen LogP contribution in [0.4, 0.5) is 13.2 Å². The Kier molecular flexibility index (Phi) is 5.72. The molecule has 1 nitrogen and oxygen atoms in total. The lowest BCUT2D eigenvalue weighted by molar-refractivity contribution is -0.138. The first-order valence-electron chi connectivity index (χ1n) is 7.53. The van der Waals surface area contributed by atoms with Gasteiger partial charge in [0, 0.05) is 10.5 Å². The normalized spacial score (nSPS) is 18.1. The molecule has 1 unspecified atom stereocenters. The van der Waals surface area contributed by atoms with E-state index in [-0.39, 0.29) is 10.5 Å². The van der Waals surface area contributed by atoms with E-state index in [2.05, 4.69) is 28.2 Å². The van der Waals surface area contributed by atoms with Gasteiger partial charge in [-0.1, -0.05) is 41.8 Å². The van der Waals surface area contributed by atoms with Gasteiger partial charge in [-0.15, -0.1) is 0 Å². The number of benzene rings is 1. The SMILES string of the molecule is CCCNC(c1ccc(Br)c(C(F)(F)F)c1)C1CCCC1. The van der Waals surface area contributed by atoms with Gasteiger partial charge in [0.15, 0.2) is 0 Å². The van der Waals surface area contributed by atoms with Crippen molar-refractivity contribution in [2.45, 2.75) is 51.2 Å². The lowest BCUT2D eigenvalue weighted by Crippen LogP contribution is -2.28. The summed E-state index contributed by atoms with van der Waals surface area (Å²) in [5.74, 6) is 0.443. The zero-order valence-electron chi connectivity index (χ0n) is 12.1. The zero-order valence-corrected chi connectivity index (χ0v) is 13.7. The van der Waals surface area contributed by atoms with Gasteiger partial charge < -0.3 is 5.32 Å². The highest BCUT2D eigenvalue weighted by atomic mass is 79.9. The molecule has 0 heterocycles. The Labute approximate surface area is 132 Å². The average Bonchev–Trinajstić information content (AvgIpc) is 2.93. The van der Waals surface area contributed by atoms with Crippen molar-refractivity contribution in [1.29, 1.82) is 0 Å². The average molecular weight is 364 g/mol. The first-order chi connectivity index (χ1) is 9.93. The van der Waals surface area contributed by atoms with Gasteiger partial charge in [0.05, 0.1) is 5.56 Å². The summed E-state index contributed by atoms with van der Waals surface area (Å²) < 4.78 is 39.3. The molecule has 1 aromatic carbocycles. The van der Waals surface area contributed by atoms with Crippen LogP contribution in [0.3, 0.4) is 0 Å². The lowest BCUT2D eigenvalue weighted by atomic mass is 9.90. The standard InChI is InChI=1S/C16H21BrF3N/c1-2-9-21-15(11-5-3-4-6-11)12-7-8-14(17)13(10-12)16(18,19)20/h7-8,10-11,15,21H,2-6,9H2,1H3. The third-order valence-electron chi connectivity index (χ3n) is 4.14. The monoisotopic (exact) mass is 363 g/mol. The molecule has 1 atom stereocenters. The van der Waals surface area contributed by atoms with Crippen LogP contribution in [-0.4, -0.2) is 6.54 Å². The van der Waals surface area contributed by atoms with E-state index >= 15 is 0 Å². The third kappa shape index (κ3) is 4.22. The molecule has 1 aromatic rings. The second kappa shape index (κ2) is 7.14. The van der Waals surface area contributed by atoms with Crippen LogP contribution >= 0.6 is 15.9 Å². The van der Waals surface area contributed by atoms with E-state index in [1.165, 1.54) is 25.0 Å². The van der Waals surface area contributed by atoms with Crippen molar-refractivity contribution in [2.24, 2.45) is 5.92 Å². The van der Waals surface area contributed by atoms with Crippen LogP contribution < -0.4 is 5.32 Å². The van der Waals surface area contributed by atoms with E-state index in [1.54, 1.807) is 0 Å². The summed E-state index contributed by atoms with van der Waals surface area (Å²) in [7, 11) is 0. The van der Waals surface area contributed by atoms with Crippen LogP contribution in [0.25, 0.3) is 0 Å². The molecule has 0 saturated heterocycles. The molecule has 1 aliphatic carbocycles. The Bertz CT molecular complexity index is 467. The zero-order chi connectivity index (χ0) is 15.5. The van der Waals surface area contributed by atoms with Crippen LogP contribution in [0.5, 0.6) is 0 Å². The Morgan fingerprint density at radius 1 is 1.29 bits per heavy atom. The highest BCUT2D eigenvalue weighted by Gasteiger charge is 2.34. The summed E-state index contributed by atoms with van der Waals surface area (Å²) in [6.45, 7) is 2.90. The van der Waals surface area contributed by atoms with Crippen molar-refractivity contribution in [1.82, 2.24) is 5.32 Å². The molecule has 0 spiro atoms. The Hall–Kier alpha value is -0.550. The summed E-state index contributed by atoms with van der Waals surface area (Å²) in [6, 6.07) is 4.66. The molecule has 1 aliphatic rings. The summed E-state index contributed by atoms with van der Waals surface area (Å²) in [5.41, 5.74) is 0.173. The first-order valence-corrected chi connectivity index (χ1v) is 8.32. The highest BCUT2D eigenvalue weighted by molar-refractivity contribution is 9.10. The minimum absolute atomic E-state index is 0.0293. The smallest absolute Gasteiger partial charge is 0.310 e. The van der Waals surface area contributed by atoms with Crippen LogP contribution in [0.2, 0.25) is 0 Å². The number of nitrogens with one attached hydrogen (secondary N) is 1. The van der Waals surface area contributed by atoms with Crippen LogP contribution in [0.15, 0.2) is 22.7 Å². The summed E-state index contributed by atoms with van der Waals surface area (Å²) in [4.78, 5) is 0. The van der Waals surface area contributed by atoms with E-state index in [1.807, 2.05) is 6.07 Å². The minimum atomic E-state index is -4.32. The number of alkyl halides is 3. The highest BCUT2D eigenvalue weighted by Crippen LogP contribution is 2.40. The van der Waals surface area contributed by atoms with Gasteiger partial charge in [0.25, 0.3) is 0 Å². The maximum Gasteiger partial charge on any atom is 0.417 e. The van der Waals surface area contributed by atoms with Crippen molar-refractivity contribution in [2.75, 3.05) is 6.54 Å². The van der Waals surface area contributed by atoms with E-state index in [0.29, 0.717) is 5.92 Å². The second-order valence-corrected chi connectivity index (χ2v) is 6.57. The summed E-state index contributed by atoms with van der Waals surface area (Å²) >= 11 is 3.01. The fourth-order valence-corrected chi connectivity index (χ4v) is 3.57. The van der Waals surface area contributed by atoms with Gasteiger partial charge in [-0.3, -0.25) is 0 Å². The lowest BCUT2D eigenvalue weighted by Gasteiger charge is -2.26. The topological polar surface area (TPSA) is 12.0 Å². The first kappa shape index (κ1) is 16.8. The molecule has 0 aromatic heterocycles. The van der Waals surface area contributed by atoms with Crippen LogP contribution in [0, 0.1) is 5.92 Å². The van der Waals surface area contributed by atoms with Crippen molar-refractivity contribution >= 4 is 15.9 Å². The molecule has 1 saturated carbocycles. The Morgan fingerprint density at radius 2 is 1.95 bits per heavy atom. The molecule has 0 amide bonds. The van der Waals surface area contributed by atoms with Crippen LogP contribution in [-0.2, 0) is 6.18 Å². The summed E-state index contributed by atoms with van der Waals surface area (Å²) in [5, 5.41) is 3.44. The molecule has 0 radical (unpaired) electrons. The Morgan fingerprint density at radius 3 is 2.52 bits per heavy atom. The van der Waals surface area contributed by atoms with Gasteiger partial charge in [-0.2, -0.15) is 13.2 Å². The predicted molar refractivity (Wildman–Crippen MR) is 82.1 cm³/mol. The van der Waals surface area contributed by atoms with E-state index in [9.17, 15) is 13.2 Å². The molecule has 0 aliphatic heterocycles. The molecular formula is C16H21BrF3N. The molecule has 2 rings (SSSR count). The molecule has 21 heavy (non-hydrogen) atoms. The molecule has 0 bridgehead atoms. The number of rotatable bonds is 5. The fourth-order valence-electron chi connectivity index (χ4n) is 3.10. The maximum absolute atomic E-state index is 13.1. The van der Waals surface area contributed by atoms with Gasteiger partial charge in [-0.05, 0) is 49.4 Å².